The van der Waals surface area contributed by atoms with Crippen molar-refractivity contribution in [2.75, 3.05) is 5.32 Å². The number of fused-ring (bicyclic) bond motifs is 1. The van der Waals surface area contributed by atoms with Crippen molar-refractivity contribution in [1.29, 1.82) is 0 Å². The van der Waals surface area contributed by atoms with Crippen molar-refractivity contribution in [2.45, 2.75) is 13.8 Å². The van der Waals surface area contributed by atoms with Crippen molar-refractivity contribution in [3.63, 3.8) is 0 Å². The van der Waals surface area contributed by atoms with E-state index in [-0.39, 0.29) is 11.7 Å². The van der Waals surface area contributed by atoms with Gasteiger partial charge in [0, 0.05) is 23.1 Å². The third-order valence-corrected chi connectivity index (χ3v) is 5.45. The van der Waals surface area contributed by atoms with Crippen LogP contribution in [0.25, 0.3) is 16.2 Å². The van der Waals surface area contributed by atoms with E-state index in [1.54, 1.807) is 12.1 Å². The molecule has 0 fully saturated rings. The van der Waals surface area contributed by atoms with Gasteiger partial charge in [0.1, 0.15) is 10.7 Å². The van der Waals surface area contributed by atoms with Crippen LogP contribution in [0, 0.1) is 19.7 Å². The van der Waals surface area contributed by atoms with Gasteiger partial charge >= 0.3 is 0 Å². The Morgan fingerprint density at radius 3 is 2.54 bits per heavy atom. The second-order valence-corrected chi connectivity index (χ2v) is 7.05. The Kier molecular flexibility index (Phi) is 4.05. The van der Waals surface area contributed by atoms with Gasteiger partial charge in [-0.25, -0.2) is 9.37 Å². The summed E-state index contributed by atoms with van der Waals surface area (Å²) in [6.07, 6.45) is 1.87. The van der Waals surface area contributed by atoms with Crippen LogP contribution in [0.4, 0.5) is 10.1 Å². The van der Waals surface area contributed by atoms with Gasteiger partial charge in [0.05, 0.1) is 5.69 Å². The van der Waals surface area contributed by atoms with Crippen LogP contribution in [-0.2, 0) is 0 Å². The molecule has 6 heteroatoms. The topological polar surface area (TPSA) is 46.4 Å². The average molecular weight is 365 g/mol. The van der Waals surface area contributed by atoms with E-state index in [4.69, 9.17) is 0 Å². The molecule has 1 amide bonds. The molecule has 130 valence electrons. The van der Waals surface area contributed by atoms with Crippen molar-refractivity contribution >= 4 is 27.9 Å². The molecule has 0 spiro atoms. The van der Waals surface area contributed by atoms with Gasteiger partial charge in [-0.3, -0.25) is 9.20 Å². The first-order valence-electron chi connectivity index (χ1n) is 8.14. The summed E-state index contributed by atoms with van der Waals surface area (Å²) in [6.45, 7) is 3.85. The molecule has 0 aliphatic heterocycles. The zero-order valence-corrected chi connectivity index (χ0v) is 15.1. The van der Waals surface area contributed by atoms with E-state index in [0.717, 1.165) is 33.2 Å². The molecule has 2 aromatic carbocycles. The molecule has 0 saturated heterocycles. The lowest BCUT2D eigenvalue weighted by Crippen LogP contribution is -2.12. The molecule has 4 nitrogen and oxygen atoms in total. The number of nitrogens with zero attached hydrogens (tertiary/aromatic N) is 2. The summed E-state index contributed by atoms with van der Waals surface area (Å²) in [5.74, 6) is -0.420. The maximum atomic E-state index is 13.1. The number of para-hydroxylation sites is 1. The minimum atomic E-state index is -0.277. The minimum Gasteiger partial charge on any atom is -0.321 e. The molecule has 2 aromatic heterocycles. The molecule has 4 aromatic rings. The predicted octanol–water partition coefficient (Wildman–Crippen LogP) is 5.07. The number of rotatable bonds is 3. The Morgan fingerprint density at radius 1 is 1.12 bits per heavy atom. The molecule has 0 radical (unpaired) electrons. The lowest BCUT2D eigenvalue weighted by Gasteiger charge is -2.07. The Hall–Kier alpha value is -2.99. The van der Waals surface area contributed by atoms with E-state index in [1.165, 1.54) is 23.5 Å². The number of carbonyl (C=O) groups excluding carboxylic acids is 1. The van der Waals surface area contributed by atoms with Gasteiger partial charge in [0.25, 0.3) is 5.91 Å². The Morgan fingerprint density at radius 2 is 1.85 bits per heavy atom. The maximum absolute atomic E-state index is 13.1. The number of nitrogens with one attached hydrogen (secondary N) is 1. The van der Waals surface area contributed by atoms with Crippen LogP contribution < -0.4 is 5.32 Å². The molecular formula is C20H16FN3OS. The van der Waals surface area contributed by atoms with Gasteiger partial charge in [0.15, 0.2) is 4.96 Å². The largest absolute Gasteiger partial charge is 0.321 e. The van der Waals surface area contributed by atoms with Crippen molar-refractivity contribution < 1.29 is 9.18 Å². The molecule has 2 heterocycles. The minimum absolute atomic E-state index is 0.143. The van der Waals surface area contributed by atoms with Gasteiger partial charge in [-0.05, 0) is 49.7 Å². The summed E-state index contributed by atoms with van der Waals surface area (Å²) in [4.78, 5) is 18.6. The van der Waals surface area contributed by atoms with Crippen LogP contribution in [0.1, 0.15) is 20.9 Å². The lowest BCUT2D eigenvalue weighted by molar-refractivity contribution is 0.102. The number of benzene rings is 2. The molecule has 26 heavy (non-hydrogen) atoms. The van der Waals surface area contributed by atoms with Crippen LogP contribution in [0.3, 0.4) is 0 Å². The highest BCUT2D eigenvalue weighted by molar-refractivity contribution is 7.19. The first-order valence-corrected chi connectivity index (χ1v) is 8.96. The van der Waals surface area contributed by atoms with Crippen LogP contribution in [-0.4, -0.2) is 15.3 Å². The monoisotopic (exact) mass is 365 g/mol. The van der Waals surface area contributed by atoms with Crippen molar-refractivity contribution in [2.24, 2.45) is 0 Å². The average Bonchev–Trinajstić information content (AvgIpc) is 3.17. The highest BCUT2D eigenvalue weighted by atomic mass is 32.1. The van der Waals surface area contributed by atoms with E-state index in [9.17, 15) is 9.18 Å². The fraction of sp³-hybridized carbons (Fsp3) is 0.100. The van der Waals surface area contributed by atoms with Crippen molar-refractivity contribution in [1.82, 2.24) is 9.38 Å². The van der Waals surface area contributed by atoms with Crippen LogP contribution in [0.2, 0.25) is 0 Å². The van der Waals surface area contributed by atoms with Gasteiger partial charge in [0.2, 0.25) is 0 Å². The van der Waals surface area contributed by atoms with E-state index in [2.05, 4.69) is 10.3 Å². The van der Waals surface area contributed by atoms with E-state index in [1.807, 2.05) is 48.7 Å². The predicted molar refractivity (Wildman–Crippen MR) is 102 cm³/mol. The number of anilines is 1. The molecule has 0 aliphatic carbocycles. The van der Waals surface area contributed by atoms with Gasteiger partial charge in [-0.15, -0.1) is 0 Å². The van der Waals surface area contributed by atoms with E-state index >= 15 is 0 Å². The number of hydrogen-bond donors (Lipinski definition) is 1. The molecule has 0 aliphatic rings. The van der Waals surface area contributed by atoms with Crippen LogP contribution >= 0.6 is 11.3 Å². The van der Waals surface area contributed by atoms with Gasteiger partial charge in [-0.1, -0.05) is 29.5 Å². The van der Waals surface area contributed by atoms with Crippen LogP contribution in [0.15, 0.2) is 54.7 Å². The summed E-state index contributed by atoms with van der Waals surface area (Å²) in [6, 6.07) is 13.9. The number of aromatic nitrogens is 2. The summed E-state index contributed by atoms with van der Waals surface area (Å²) >= 11 is 1.34. The highest BCUT2D eigenvalue weighted by Crippen LogP contribution is 2.28. The van der Waals surface area contributed by atoms with Gasteiger partial charge < -0.3 is 5.32 Å². The first kappa shape index (κ1) is 16.5. The molecule has 1 N–H and O–H groups in total. The summed E-state index contributed by atoms with van der Waals surface area (Å²) in [5, 5.41) is 2.96. The number of amides is 1. The SMILES string of the molecule is Cc1ccccc1NC(=O)c1sc2nc(-c3ccc(F)cc3)cn2c1C. The second kappa shape index (κ2) is 6.38. The third kappa shape index (κ3) is 2.88. The normalized spacial score (nSPS) is 11.0. The summed E-state index contributed by atoms with van der Waals surface area (Å²) in [5.41, 5.74) is 4.24. The molecule has 0 saturated carbocycles. The zero-order valence-electron chi connectivity index (χ0n) is 14.3. The van der Waals surface area contributed by atoms with E-state index in [0.29, 0.717) is 4.88 Å². The third-order valence-electron chi connectivity index (χ3n) is 4.30. The standard InChI is InChI=1S/C20H16FN3OS/c1-12-5-3-4-6-16(12)22-19(25)18-13(2)24-11-17(23-20(24)26-18)14-7-9-15(21)10-8-14/h3-11H,1-2H3,(H,22,25). The van der Waals surface area contributed by atoms with E-state index < -0.39 is 0 Å². The number of thiazole rings is 1. The number of aryl methyl sites for hydroxylation is 2. The Bertz CT molecular complexity index is 1110. The molecule has 0 atom stereocenters. The van der Waals surface area contributed by atoms with Gasteiger partial charge in [-0.2, -0.15) is 0 Å². The summed E-state index contributed by atoms with van der Waals surface area (Å²) in [7, 11) is 0. The quantitative estimate of drug-likeness (QED) is 0.551. The number of halogens is 1. The van der Waals surface area contributed by atoms with Crippen molar-refractivity contribution in [3.8, 4) is 11.3 Å². The first-order chi connectivity index (χ1) is 12.5. The number of imidazole rings is 1. The van der Waals surface area contributed by atoms with Crippen molar-refractivity contribution in [3.05, 3.63) is 76.7 Å². The lowest BCUT2D eigenvalue weighted by atomic mass is 10.2. The second-order valence-electron chi connectivity index (χ2n) is 6.07. The summed E-state index contributed by atoms with van der Waals surface area (Å²) < 4.78 is 15.0. The highest BCUT2D eigenvalue weighted by Gasteiger charge is 2.18. The number of hydrogen-bond acceptors (Lipinski definition) is 3. The fourth-order valence-corrected chi connectivity index (χ4v) is 3.82. The molecule has 0 bridgehead atoms. The van der Waals surface area contributed by atoms with Crippen LogP contribution in [0.5, 0.6) is 0 Å². The molecular weight excluding hydrogens is 349 g/mol. The Labute approximate surface area is 153 Å². The molecule has 0 unspecified atom stereocenters. The Balaban J connectivity index is 1.66. The smallest absolute Gasteiger partial charge is 0.267 e. The number of carbonyl (C=O) groups is 1. The molecule has 4 rings (SSSR count). The zero-order chi connectivity index (χ0) is 18.3. The fourth-order valence-electron chi connectivity index (χ4n) is 2.81. The maximum Gasteiger partial charge on any atom is 0.267 e.